The maximum absolute atomic E-state index is 14.7. The van der Waals surface area contributed by atoms with E-state index in [-0.39, 0.29) is 33.0 Å². The molecular formula is C25H16F4N4O3S. The number of sulfone groups is 1. The lowest BCUT2D eigenvalue weighted by Crippen LogP contribution is -2.18. The lowest BCUT2D eigenvalue weighted by atomic mass is 10.0. The summed E-state index contributed by atoms with van der Waals surface area (Å²) in [6.45, 7) is 0. The number of nitrogens with one attached hydrogen (secondary N) is 1. The second-order valence-corrected chi connectivity index (χ2v) is 9.91. The Morgan fingerprint density at radius 2 is 1.68 bits per heavy atom. The van der Waals surface area contributed by atoms with Gasteiger partial charge in [-0.05, 0) is 29.8 Å². The number of hydrogen-bond donors (Lipinski definition) is 1. The topological polar surface area (TPSA) is 105 Å². The standard InChI is InChI=1S/C25H16F4N4O3S/c1-37(35,36)18-10-11-19(20(26)13-18)16-8-5-9-17(12-16)31-24(34)21-22(15-6-3-2-4-7-15)33(14-30)32-23(21)25(27,28)29/h2-13H,1H3,(H,31,34). The molecule has 4 rings (SSSR count). The molecule has 4 aromatic rings. The van der Waals surface area contributed by atoms with Crippen LogP contribution >= 0.6 is 0 Å². The van der Waals surface area contributed by atoms with Gasteiger partial charge in [0.25, 0.3) is 5.91 Å². The van der Waals surface area contributed by atoms with Crippen molar-refractivity contribution in [2.45, 2.75) is 11.1 Å². The van der Waals surface area contributed by atoms with Gasteiger partial charge in [0.15, 0.2) is 15.5 Å². The number of anilines is 1. The molecule has 188 valence electrons. The number of carbonyl (C=O) groups is 1. The molecule has 0 atom stereocenters. The first-order valence-corrected chi connectivity index (χ1v) is 12.4. The van der Waals surface area contributed by atoms with Crippen LogP contribution in [-0.2, 0) is 16.0 Å². The van der Waals surface area contributed by atoms with E-state index in [9.17, 15) is 36.0 Å². The Balaban J connectivity index is 1.76. The predicted molar refractivity (Wildman–Crippen MR) is 127 cm³/mol. The molecule has 0 aliphatic carbocycles. The summed E-state index contributed by atoms with van der Waals surface area (Å²) < 4.78 is 79.8. The Kier molecular flexibility index (Phi) is 6.58. The number of rotatable bonds is 5. The summed E-state index contributed by atoms with van der Waals surface area (Å²) in [5, 5.41) is 15.1. The molecule has 1 aromatic heterocycles. The lowest BCUT2D eigenvalue weighted by Gasteiger charge is -2.11. The van der Waals surface area contributed by atoms with E-state index in [1.807, 2.05) is 0 Å². The van der Waals surface area contributed by atoms with Crippen LogP contribution in [0.4, 0.5) is 23.2 Å². The minimum Gasteiger partial charge on any atom is -0.322 e. The summed E-state index contributed by atoms with van der Waals surface area (Å²) in [4.78, 5) is 12.9. The highest BCUT2D eigenvalue weighted by Gasteiger charge is 2.42. The molecule has 1 amide bonds. The second-order valence-electron chi connectivity index (χ2n) is 7.90. The van der Waals surface area contributed by atoms with Crippen LogP contribution in [0.15, 0.2) is 77.7 Å². The van der Waals surface area contributed by atoms with Gasteiger partial charge < -0.3 is 5.32 Å². The summed E-state index contributed by atoms with van der Waals surface area (Å²) in [5.41, 5.74) is -2.28. The molecule has 1 N–H and O–H groups in total. The van der Waals surface area contributed by atoms with Gasteiger partial charge in [0.2, 0.25) is 6.19 Å². The van der Waals surface area contributed by atoms with E-state index in [2.05, 4.69) is 10.4 Å². The fourth-order valence-electron chi connectivity index (χ4n) is 3.69. The SMILES string of the molecule is CS(=O)(=O)c1ccc(-c2cccc(NC(=O)c3c(C(F)(F)F)nn(C#N)c3-c3ccccc3)c2)c(F)c1. The third kappa shape index (κ3) is 5.22. The van der Waals surface area contributed by atoms with E-state index in [4.69, 9.17) is 0 Å². The Bertz CT molecular complexity index is 1660. The maximum atomic E-state index is 14.7. The first-order valence-electron chi connectivity index (χ1n) is 10.5. The number of carbonyl (C=O) groups excluding carboxylic acids is 1. The molecule has 12 heteroatoms. The Morgan fingerprint density at radius 3 is 2.27 bits per heavy atom. The molecule has 0 aliphatic rings. The normalized spacial score (nSPS) is 11.7. The maximum Gasteiger partial charge on any atom is 0.436 e. The van der Waals surface area contributed by atoms with Crippen LogP contribution in [0.3, 0.4) is 0 Å². The van der Waals surface area contributed by atoms with Crippen molar-refractivity contribution in [1.82, 2.24) is 9.78 Å². The fourth-order valence-corrected chi connectivity index (χ4v) is 4.32. The van der Waals surface area contributed by atoms with E-state index >= 15 is 0 Å². The van der Waals surface area contributed by atoms with Crippen molar-refractivity contribution < 1.29 is 30.8 Å². The van der Waals surface area contributed by atoms with Crippen LogP contribution in [0.1, 0.15) is 16.1 Å². The second kappa shape index (κ2) is 9.51. The van der Waals surface area contributed by atoms with E-state index in [0.29, 0.717) is 4.68 Å². The van der Waals surface area contributed by atoms with E-state index in [0.717, 1.165) is 12.3 Å². The largest absolute Gasteiger partial charge is 0.436 e. The van der Waals surface area contributed by atoms with Crippen LogP contribution in [0.2, 0.25) is 0 Å². The zero-order valence-corrected chi connectivity index (χ0v) is 19.7. The molecule has 0 spiro atoms. The van der Waals surface area contributed by atoms with Gasteiger partial charge in [-0.3, -0.25) is 4.79 Å². The molecule has 37 heavy (non-hydrogen) atoms. The first kappa shape index (κ1) is 25.6. The Labute approximate surface area is 208 Å². The number of nitriles is 1. The third-order valence-corrected chi connectivity index (χ3v) is 6.43. The molecule has 1 heterocycles. The van der Waals surface area contributed by atoms with Crippen molar-refractivity contribution in [1.29, 1.82) is 5.26 Å². The summed E-state index contributed by atoms with van der Waals surface area (Å²) in [6, 6.07) is 16.5. The van der Waals surface area contributed by atoms with Crippen LogP contribution in [-0.4, -0.2) is 30.4 Å². The number of aromatic nitrogens is 2. The monoisotopic (exact) mass is 528 g/mol. The summed E-state index contributed by atoms with van der Waals surface area (Å²) in [7, 11) is -3.64. The summed E-state index contributed by atoms with van der Waals surface area (Å²) >= 11 is 0. The fraction of sp³-hybridized carbons (Fsp3) is 0.0800. The van der Waals surface area contributed by atoms with Gasteiger partial charge in [-0.2, -0.15) is 28.2 Å². The van der Waals surface area contributed by atoms with Crippen molar-refractivity contribution >= 4 is 21.4 Å². The first-order chi connectivity index (χ1) is 17.4. The average molecular weight is 528 g/mol. The number of nitrogens with zero attached hydrogens (tertiary/aromatic N) is 3. The molecule has 0 saturated carbocycles. The number of halogens is 4. The lowest BCUT2D eigenvalue weighted by molar-refractivity contribution is -0.141. The quantitative estimate of drug-likeness (QED) is 0.351. The minimum atomic E-state index is -5.04. The average Bonchev–Trinajstić information content (AvgIpc) is 3.25. The highest BCUT2D eigenvalue weighted by Crippen LogP contribution is 2.37. The molecule has 0 unspecified atom stereocenters. The number of amides is 1. The van der Waals surface area contributed by atoms with Crippen LogP contribution < -0.4 is 5.32 Å². The van der Waals surface area contributed by atoms with Gasteiger partial charge in [0.1, 0.15) is 5.82 Å². The van der Waals surface area contributed by atoms with E-state index in [1.165, 1.54) is 66.9 Å². The molecule has 0 radical (unpaired) electrons. The minimum absolute atomic E-state index is 0.0155. The van der Waals surface area contributed by atoms with Crippen molar-refractivity contribution in [3.8, 4) is 28.6 Å². The van der Waals surface area contributed by atoms with Gasteiger partial charge >= 0.3 is 6.18 Å². The molecule has 3 aromatic carbocycles. The predicted octanol–water partition coefficient (Wildman–Crippen LogP) is 5.36. The Hall–Kier alpha value is -4.50. The number of hydrogen-bond acceptors (Lipinski definition) is 5. The molecule has 0 fully saturated rings. The highest BCUT2D eigenvalue weighted by molar-refractivity contribution is 7.90. The zero-order valence-electron chi connectivity index (χ0n) is 18.9. The van der Waals surface area contributed by atoms with E-state index < -0.39 is 39.0 Å². The van der Waals surface area contributed by atoms with Gasteiger partial charge in [-0.25, -0.2) is 12.8 Å². The van der Waals surface area contributed by atoms with Crippen molar-refractivity contribution in [2.75, 3.05) is 11.6 Å². The third-order valence-electron chi connectivity index (χ3n) is 5.32. The van der Waals surface area contributed by atoms with Gasteiger partial charge in [-0.1, -0.05) is 48.5 Å². The summed E-state index contributed by atoms with van der Waals surface area (Å²) in [6.07, 6.45) is -2.56. The van der Waals surface area contributed by atoms with Gasteiger partial charge in [-0.15, -0.1) is 0 Å². The van der Waals surface area contributed by atoms with Gasteiger partial charge in [0, 0.05) is 23.1 Å². The van der Waals surface area contributed by atoms with Crippen molar-refractivity contribution in [3.63, 3.8) is 0 Å². The highest BCUT2D eigenvalue weighted by atomic mass is 32.2. The molecule has 0 saturated heterocycles. The van der Waals surface area contributed by atoms with Gasteiger partial charge in [0.05, 0.1) is 16.2 Å². The van der Waals surface area contributed by atoms with Crippen molar-refractivity contribution in [3.05, 3.63) is 89.9 Å². The number of benzene rings is 3. The Morgan fingerprint density at radius 1 is 1.00 bits per heavy atom. The molecule has 0 aliphatic heterocycles. The molecule has 0 bridgehead atoms. The number of alkyl halides is 3. The van der Waals surface area contributed by atoms with Crippen molar-refractivity contribution in [2.24, 2.45) is 0 Å². The molecule has 7 nitrogen and oxygen atoms in total. The molecular weight excluding hydrogens is 512 g/mol. The smallest absolute Gasteiger partial charge is 0.322 e. The van der Waals surface area contributed by atoms with Crippen LogP contribution in [0.5, 0.6) is 0 Å². The van der Waals surface area contributed by atoms with E-state index in [1.54, 1.807) is 6.07 Å². The van der Waals surface area contributed by atoms with Crippen LogP contribution in [0, 0.1) is 17.3 Å². The summed E-state index contributed by atoms with van der Waals surface area (Å²) in [5.74, 6) is -2.02. The zero-order chi connectivity index (χ0) is 27.0. The van der Waals surface area contributed by atoms with Crippen LogP contribution in [0.25, 0.3) is 22.4 Å².